The Balaban J connectivity index is 2.55. The molecule has 0 spiro atoms. The Hall–Kier alpha value is -1.61. The number of nitrogens with zero attached hydrogens (tertiary/aromatic N) is 1. The van der Waals surface area contributed by atoms with Gasteiger partial charge in [-0.1, -0.05) is 6.92 Å². The number of carboxylic acid groups (broad SMARTS) is 1. The summed E-state index contributed by atoms with van der Waals surface area (Å²) < 4.78 is 65.3. The van der Waals surface area contributed by atoms with E-state index in [-0.39, 0.29) is 25.1 Å². The highest BCUT2D eigenvalue weighted by Crippen LogP contribution is 2.32. The molecule has 1 aliphatic rings. The number of hydrogen-bond donors (Lipinski definition) is 1. The van der Waals surface area contributed by atoms with Gasteiger partial charge in [0.1, 0.15) is 23.5 Å². The Morgan fingerprint density at radius 1 is 1.29 bits per heavy atom. The van der Waals surface area contributed by atoms with Gasteiger partial charge in [-0.2, -0.15) is 4.31 Å². The van der Waals surface area contributed by atoms with Gasteiger partial charge in [-0.15, -0.1) is 0 Å². The van der Waals surface area contributed by atoms with E-state index in [1.807, 2.05) is 0 Å². The van der Waals surface area contributed by atoms with Crippen LogP contribution >= 0.6 is 0 Å². The molecule has 0 bridgehead atoms. The summed E-state index contributed by atoms with van der Waals surface area (Å²) in [7, 11) is -4.71. The fourth-order valence-electron chi connectivity index (χ4n) is 2.44. The van der Waals surface area contributed by atoms with Gasteiger partial charge in [0.15, 0.2) is 4.90 Å². The van der Waals surface area contributed by atoms with E-state index in [2.05, 4.69) is 0 Å². The molecule has 5 nitrogen and oxygen atoms in total. The lowest BCUT2D eigenvalue weighted by Gasteiger charge is -2.23. The molecule has 0 saturated carbocycles. The zero-order chi connectivity index (χ0) is 15.9. The molecule has 0 aliphatic carbocycles. The summed E-state index contributed by atoms with van der Waals surface area (Å²) in [4.78, 5) is 9.84. The first-order valence-electron chi connectivity index (χ1n) is 6.05. The normalized spacial score (nSPS) is 23.4. The van der Waals surface area contributed by atoms with Crippen LogP contribution in [-0.4, -0.2) is 36.4 Å². The number of halogens is 3. The van der Waals surface area contributed by atoms with Crippen molar-refractivity contribution in [1.29, 1.82) is 0 Å². The van der Waals surface area contributed by atoms with Crippen molar-refractivity contribution in [1.82, 2.24) is 4.31 Å². The number of benzene rings is 1. The number of aliphatic carboxylic acids is 1. The number of sulfonamides is 1. The molecule has 21 heavy (non-hydrogen) atoms. The predicted octanol–water partition coefficient (Wildman–Crippen LogP) is 1.59. The van der Waals surface area contributed by atoms with Crippen LogP contribution in [-0.2, 0) is 14.8 Å². The first-order valence-corrected chi connectivity index (χ1v) is 7.49. The van der Waals surface area contributed by atoms with Crippen LogP contribution in [0.5, 0.6) is 0 Å². The smallest absolute Gasteiger partial charge is 0.322 e. The lowest BCUT2D eigenvalue weighted by atomic mass is 10.0. The lowest BCUT2D eigenvalue weighted by Crippen LogP contribution is -2.43. The second kappa shape index (κ2) is 5.30. The maximum atomic E-state index is 13.7. The summed E-state index contributed by atoms with van der Waals surface area (Å²) in [6.45, 7) is 1.36. The van der Waals surface area contributed by atoms with Crippen LogP contribution in [0.15, 0.2) is 17.0 Å². The molecule has 116 valence electrons. The van der Waals surface area contributed by atoms with Crippen molar-refractivity contribution < 1.29 is 31.5 Å². The first-order chi connectivity index (χ1) is 9.66. The van der Waals surface area contributed by atoms with Crippen LogP contribution in [0.1, 0.15) is 13.3 Å². The van der Waals surface area contributed by atoms with Gasteiger partial charge in [0.05, 0.1) is 0 Å². The zero-order valence-electron chi connectivity index (χ0n) is 10.9. The molecule has 2 atom stereocenters. The highest BCUT2D eigenvalue weighted by molar-refractivity contribution is 7.89. The van der Waals surface area contributed by atoms with Crippen LogP contribution in [0.4, 0.5) is 13.2 Å². The van der Waals surface area contributed by atoms with Gasteiger partial charge in [0, 0.05) is 18.7 Å². The van der Waals surface area contributed by atoms with E-state index in [1.165, 1.54) is 6.92 Å². The maximum Gasteiger partial charge on any atom is 0.322 e. The second-order valence-electron chi connectivity index (χ2n) is 4.86. The largest absolute Gasteiger partial charge is 0.480 e. The van der Waals surface area contributed by atoms with Crippen molar-refractivity contribution in [3.8, 4) is 0 Å². The third kappa shape index (κ3) is 2.62. The van der Waals surface area contributed by atoms with Crippen molar-refractivity contribution in [3.63, 3.8) is 0 Å². The second-order valence-corrected chi connectivity index (χ2v) is 6.69. The molecule has 1 aromatic rings. The molecule has 2 unspecified atom stereocenters. The summed E-state index contributed by atoms with van der Waals surface area (Å²) in [6.07, 6.45) is 0.251. The van der Waals surface area contributed by atoms with Gasteiger partial charge in [0.25, 0.3) is 0 Å². The van der Waals surface area contributed by atoms with Gasteiger partial charge in [0.2, 0.25) is 10.0 Å². The first kappa shape index (κ1) is 15.8. The molecular weight excluding hydrogens is 311 g/mol. The molecule has 1 saturated heterocycles. The summed E-state index contributed by atoms with van der Waals surface area (Å²) in [5, 5.41) is 9.09. The third-order valence-corrected chi connectivity index (χ3v) is 5.37. The fourth-order valence-corrected chi connectivity index (χ4v) is 4.23. The minimum Gasteiger partial charge on any atom is -0.480 e. The van der Waals surface area contributed by atoms with Crippen LogP contribution in [0.2, 0.25) is 0 Å². The Morgan fingerprint density at radius 3 is 2.29 bits per heavy atom. The molecule has 0 radical (unpaired) electrons. The topological polar surface area (TPSA) is 74.7 Å². The predicted molar refractivity (Wildman–Crippen MR) is 65.4 cm³/mol. The highest BCUT2D eigenvalue weighted by atomic mass is 32.2. The molecule has 1 heterocycles. The summed E-state index contributed by atoms with van der Waals surface area (Å²) in [5.41, 5.74) is 0. The zero-order valence-corrected chi connectivity index (χ0v) is 11.7. The van der Waals surface area contributed by atoms with E-state index in [0.717, 1.165) is 0 Å². The van der Waals surface area contributed by atoms with Crippen LogP contribution in [0, 0.1) is 23.4 Å². The molecule has 1 fully saturated rings. The van der Waals surface area contributed by atoms with E-state index in [4.69, 9.17) is 5.11 Å². The lowest BCUT2D eigenvalue weighted by molar-refractivity contribution is -0.141. The molecule has 1 N–H and O–H groups in total. The Morgan fingerprint density at radius 2 is 1.81 bits per heavy atom. The van der Waals surface area contributed by atoms with Crippen molar-refractivity contribution in [3.05, 3.63) is 29.6 Å². The average molecular weight is 323 g/mol. The van der Waals surface area contributed by atoms with Crippen LogP contribution < -0.4 is 0 Å². The van der Waals surface area contributed by atoms with Gasteiger partial charge < -0.3 is 5.11 Å². The molecule has 0 aromatic heterocycles. The van der Waals surface area contributed by atoms with E-state index in [9.17, 15) is 26.4 Å². The van der Waals surface area contributed by atoms with Gasteiger partial charge in [-0.25, -0.2) is 21.6 Å². The standard InChI is InChI=1S/C12H12F3NO4S/c1-6-2-3-16(10(6)12(17)18)21(19,20)11-8(14)4-7(13)5-9(11)15/h4-6,10H,2-3H2,1H3,(H,17,18). The molecular formula is C12H12F3NO4S. The molecule has 2 rings (SSSR count). The third-order valence-electron chi connectivity index (χ3n) is 3.44. The number of rotatable bonds is 3. The van der Waals surface area contributed by atoms with E-state index < -0.39 is 50.3 Å². The Bertz CT molecular complexity index is 669. The fraction of sp³-hybridized carbons (Fsp3) is 0.417. The molecule has 1 aliphatic heterocycles. The Kier molecular flexibility index (Phi) is 3.98. The summed E-state index contributed by atoms with van der Waals surface area (Å²) >= 11 is 0. The van der Waals surface area contributed by atoms with Gasteiger partial charge in [-0.05, 0) is 12.3 Å². The van der Waals surface area contributed by atoms with Crippen molar-refractivity contribution in [2.24, 2.45) is 5.92 Å². The minimum absolute atomic E-state index is 0.170. The van der Waals surface area contributed by atoms with E-state index in [1.54, 1.807) is 0 Å². The molecule has 0 amide bonds. The summed E-state index contributed by atoms with van der Waals surface area (Å²) in [6, 6.07) is -0.921. The Labute approximate surface area is 119 Å². The van der Waals surface area contributed by atoms with Crippen molar-refractivity contribution in [2.75, 3.05) is 6.54 Å². The molecule has 1 aromatic carbocycles. The van der Waals surface area contributed by atoms with E-state index in [0.29, 0.717) is 4.31 Å². The summed E-state index contributed by atoms with van der Waals surface area (Å²) in [5.74, 6) is -6.32. The number of carbonyl (C=O) groups is 1. The van der Waals surface area contributed by atoms with Crippen molar-refractivity contribution >= 4 is 16.0 Å². The number of carboxylic acids is 1. The molecule has 9 heteroatoms. The van der Waals surface area contributed by atoms with Gasteiger partial charge >= 0.3 is 5.97 Å². The monoisotopic (exact) mass is 323 g/mol. The van der Waals surface area contributed by atoms with Crippen LogP contribution in [0.25, 0.3) is 0 Å². The maximum absolute atomic E-state index is 13.7. The minimum atomic E-state index is -4.71. The average Bonchev–Trinajstić information content (AvgIpc) is 2.69. The SMILES string of the molecule is CC1CCN(S(=O)(=O)c2c(F)cc(F)cc2F)C1C(=O)O. The van der Waals surface area contributed by atoms with E-state index >= 15 is 0 Å². The van der Waals surface area contributed by atoms with Crippen LogP contribution in [0.3, 0.4) is 0 Å². The van der Waals surface area contributed by atoms with Gasteiger partial charge in [-0.3, -0.25) is 4.79 Å². The number of hydrogen-bond acceptors (Lipinski definition) is 3. The highest BCUT2D eigenvalue weighted by Gasteiger charge is 2.45. The van der Waals surface area contributed by atoms with Crippen molar-refractivity contribution in [2.45, 2.75) is 24.3 Å². The quantitative estimate of drug-likeness (QED) is 0.916.